The molecule has 0 aliphatic carbocycles. The van der Waals surface area contributed by atoms with Crippen molar-refractivity contribution in [2.45, 2.75) is 12.8 Å². The van der Waals surface area contributed by atoms with E-state index in [1.165, 1.54) is 12.8 Å². The predicted octanol–water partition coefficient (Wildman–Crippen LogP) is 2.01. The maximum absolute atomic E-state index is 12.7. The van der Waals surface area contributed by atoms with E-state index in [9.17, 15) is 9.59 Å². The molecule has 1 aliphatic rings. The molecule has 142 valence electrons. The Morgan fingerprint density at radius 2 is 1.81 bits per heavy atom. The van der Waals surface area contributed by atoms with Crippen LogP contribution in [0, 0.1) is 0 Å². The summed E-state index contributed by atoms with van der Waals surface area (Å²) in [5, 5.41) is 5.69. The number of aryl methyl sites for hydroxylation is 1. The van der Waals surface area contributed by atoms with E-state index >= 15 is 0 Å². The Morgan fingerprint density at radius 1 is 1.07 bits per heavy atom. The van der Waals surface area contributed by atoms with Crippen LogP contribution in [-0.2, 0) is 11.8 Å². The Balaban J connectivity index is 1.69. The lowest BCUT2D eigenvalue weighted by Crippen LogP contribution is -2.38. The van der Waals surface area contributed by atoms with Gasteiger partial charge in [-0.25, -0.2) is 0 Å². The van der Waals surface area contributed by atoms with Crippen LogP contribution in [0.2, 0.25) is 0 Å². The summed E-state index contributed by atoms with van der Waals surface area (Å²) >= 11 is 0. The van der Waals surface area contributed by atoms with Gasteiger partial charge in [0.25, 0.3) is 11.8 Å². The van der Waals surface area contributed by atoms with E-state index in [0.717, 1.165) is 25.3 Å². The molecule has 2 heterocycles. The van der Waals surface area contributed by atoms with E-state index in [4.69, 9.17) is 0 Å². The van der Waals surface area contributed by atoms with Gasteiger partial charge in [-0.3, -0.25) is 9.59 Å². The largest absolute Gasteiger partial charge is 0.351 e. The van der Waals surface area contributed by atoms with Crippen LogP contribution in [0.4, 0.5) is 0 Å². The summed E-state index contributed by atoms with van der Waals surface area (Å²) in [6.07, 6.45) is 6.04. The molecule has 3 rings (SSSR count). The molecular weight excluding hydrogens is 340 g/mol. The second-order valence-corrected chi connectivity index (χ2v) is 6.73. The summed E-state index contributed by atoms with van der Waals surface area (Å²) in [6, 6.07) is 12.7. The molecule has 27 heavy (non-hydrogen) atoms. The third-order valence-corrected chi connectivity index (χ3v) is 4.72. The molecule has 2 N–H and O–H groups in total. The van der Waals surface area contributed by atoms with Crippen molar-refractivity contribution in [3.63, 3.8) is 0 Å². The zero-order valence-electron chi connectivity index (χ0n) is 15.6. The van der Waals surface area contributed by atoms with Gasteiger partial charge in [0.2, 0.25) is 0 Å². The summed E-state index contributed by atoms with van der Waals surface area (Å²) in [5.41, 5.74) is 1.60. The second-order valence-electron chi connectivity index (χ2n) is 6.73. The highest BCUT2D eigenvalue weighted by molar-refractivity contribution is 6.05. The zero-order valence-corrected chi connectivity index (χ0v) is 15.6. The molecule has 1 saturated heterocycles. The molecule has 6 heteroatoms. The first-order valence-corrected chi connectivity index (χ1v) is 9.33. The van der Waals surface area contributed by atoms with Crippen molar-refractivity contribution in [3.05, 3.63) is 65.6 Å². The number of amides is 2. The number of hydrogen-bond donors (Lipinski definition) is 2. The first-order chi connectivity index (χ1) is 13.1. The van der Waals surface area contributed by atoms with Gasteiger partial charge in [0.1, 0.15) is 5.70 Å². The lowest BCUT2D eigenvalue weighted by atomic mass is 10.2. The van der Waals surface area contributed by atoms with Gasteiger partial charge in [0.15, 0.2) is 0 Å². The molecule has 0 spiro atoms. The van der Waals surface area contributed by atoms with Gasteiger partial charge in [0.05, 0.1) is 0 Å². The molecule has 6 nitrogen and oxygen atoms in total. The number of rotatable bonds is 7. The molecular formula is C21H26N4O2. The molecule has 2 aromatic rings. The summed E-state index contributed by atoms with van der Waals surface area (Å²) in [4.78, 5) is 27.5. The zero-order chi connectivity index (χ0) is 19.1. The number of aromatic nitrogens is 1. The SMILES string of the molecule is Cn1cccc1C=C(NC(=O)c1ccccc1)C(=O)NCCN1CCCC1. The van der Waals surface area contributed by atoms with Gasteiger partial charge >= 0.3 is 0 Å². The fraction of sp³-hybridized carbons (Fsp3) is 0.333. The Bertz CT molecular complexity index is 805. The molecule has 0 unspecified atom stereocenters. The van der Waals surface area contributed by atoms with Crippen molar-refractivity contribution >= 4 is 17.9 Å². The van der Waals surface area contributed by atoms with E-state index in [2.05, 4.69) is 15.5 Å². The first-order valence-electron chi connectivity index (χ1n) is 9.33. The average molecular weight is 366 g/mol. The molecule has 0 saturated carbocycles. The molecule has 1 fully saturated rings. The van der Waals surface area contributed by atoms with E-state index in [0.29, 0.717) is 12.1 Å². The van der Waals surface area contributed by atoms with Crippen LogP contribution in [0.15, 0.2) is 54.4 Å². The predicted molar refractivity (Wildman–Crippen MR) is 106 cm³/mol. The highest BCUT2D eigenvalue weighted by Gasteiger charge is 2.16. The molecule has 2 amide bonds. The van der Waals surface area contributed by atoms with Gasteiger partial charge in [-0.2, -0.15) is 0 Å². The quantitative estimate of drug-likeness (QED) is 0.737. The van der Waals surface area contributed by atoms with Crippen LogP contribution in [0.25, 0.3) is 6.08 Å². The number of carbonyl (C=O) groups is 2. The monoisotopic (exact) mass is 366 g/mol. The first kappa shape index (κ1) is 18.9. The van der Waals surface area contributed by atoms with E-state index in [1.54, 1.807) is 30.3 Å². The standard InChI is InChI=1S/C21H26N4O2/c1-24-12-7-10-18(24)16-19(23-20(26)17-8-3-2-4-9-17)21(27)22-11-15-25-13-5-6-14-25/h2-4,7-10,12,16H,5-6,11,13-15H2,1H3,(H,22,27)(H,23,26). The highest BCUT2D eigenvalue weighted by Crippen LogP contribution is 2.08. The number of likely N-dealkylation sites (tertiary alicyclic amines) is 1. The third kappa shape index (κ3) is 5.31. The smallest absolute Gasteiger partial charge is 0.267 e. The summed E-state index contributed by atoms with van der Waals surface area (Å²) in [5.74, 6) is -0.578. The Kier molecular flexibility index (Phi) is 6.44. The fourth-order valence-electron chi connectivity index (χ4n) is 3.14. The fourth-order valence-corrected chi connectivity index (χ4v) is 3.14. The second kappa shape index (κ2) is 9.19. The number of benzene rings is 1. The van der Waals surface area contributed by atoms with Crippen LogP contribution in [-0.4, -0.2) is 47.5 Å². The summed E-state index contributed by atoms with van der Waals surface area (Å²) in [6.45, 7) is 3.57. The Morgan fingerprint density at radius 3 is 2.48 bits per heavy atom. The number of hydrogen-bond acceptors (Lipinski definition) is 3. The minimum atomic E-state index is -0.300. The Hall–Kier alpha value is -2.86. The number of nitrogens with zero attached hydrogens (tertiary/aromatic N) is 2. The topological polar surface area (TPSA) is 66.4 Å². The van der Waals surface area contributed by atoms with E-state index in [-0.39, 0.29) is 17.5 Å². The van der Waals surface area contributed by atoms with Gasteiger partial charge < -0.3 is 20.1 Å². The number of nitrogens with one attached hydrogen (secondary N) is 2. The van der Waals surface area contributed by atoms with E-state index < -0.39 is 0 Å². The van der Waals surface area contributed by atoms with Crippen LogP contribution in [0.5, 0.6) is 0 Å². The van der Waals surface area contributed by atoms with Crippen molar-refractivity contribution in [1.82, 2.24) is 20.1 Å². The van der Waals surface area contributed by atoms with Crippen LogP contribution in [0.3, 0.4) is 0 Å². The van der Waals surface area contributed by atoms with Gasteiger partial charge in [0, 0.05) is 37.6 Å². The normalized spacial score (nSPS) is 14.9. The highest BCUT2D eigenvalue weighted by atomic mass is 16.2. The minimum Gasteiger partial charge on any atom is -0.351 e. The lowest BCUT2D eigenvalue weighted by Gasteiger charge is -2.16. The summed E-state index contributed by atoms with van der Waals surface area (Å²) < 4.78 is 1.90. The van der Waals surface area contributed by atoms with Crippen molar-refractivity contribution in [2.24, 2.45) is 7.05 Å². The Labute approximate surface area is 159 Å². The summed E-state index contributed by atoms with van der Waals surface area (Å²) in [7, 11) is 1.90. The molecule has 1 aromatic carbocycles. The van der Waals surface area contributed by atoms with Crippen molar-refractivity contribution in [3.8, 4) is 0 Å². The van der Waals surface area contributed by atoms with Gasteiger partial charge in [-0.1, -0.05) is 18.2 Å². The van der Waals surface area contributed by atoms with Crippen LogP contribution in [0.1, 0.15) is 28.9 Å². The molecule has 1 aliphatic heterocycles. The van der Waals surface area contributed by atoms with Gasteiger partial charge in [-0.15, -0.1) is 0 Å². The van der Waals surface area contributed by atoms with Crippen molar-refractivity contribution in [1.29, 1.82) is 0 Å². The third-order valence-electron chi connectivity index (χ3n) is 4.72. The van der Waals surface area contributed by atoms with Crippen molar-refractivity contribution < 1.29 is 9.59 Å². The number of carbonyl (C=O) groups excluding carboxylic acids is 2. The molecule has 1 aromatic heterocycles. The molecule has 0 radical (unpaired) electrons. The molecule has 0 bridgehead atoms. The molecule has 0 atom stereocenters. The maximum Gasteiger partial charge on any atom is 0.267 e. The minimum absolute atomic E-state index is 0.243. The van der Waals surface area contributed by atoms with Crippen molar-refractivity contribution in [2.75, 3.05) is 26.2 Å². The van der Waals surface area contributed by atoms with Crippen LogP contribution < -0.4 is 10.6 Å². The van der Waals surface area contributed by atoms with Gasteiger partial charge in [-0.05, 0) is 56.3 Å². The van der Waals surface area contributed by atoms with Crippen LogP contribution >= 0.6 is 0 Å². The van der Waals surface area contributed by atoms with E-state index in [1.807, 2.05) is 36.0 Å². The lowest BCUT2D eigenvalue weighted by molar-refractivity contribution is -0.117. The average Bonchev–Trinajstić information content (AvgIpc) is 3.34. The maximum atomic E-state index is 12.7.